The first-order valence-corrected chi connectivity index (χ1v) is 12.7. The molecule has 4 nitrogen and oxygen atoms in total. The van der Waals surface area contributed by atoms with E-state index in [1.807, 2.05) is 62.4 Å². The molecule has 0 bridgehead atoms. The van der Waals surface area contributed by atoms with E-state index in [0.717, 1.165) is 20.9 Å². The number of carbonyl (C=O) groups is 1. The standard InChI is InChI=1S/C24H23NO3S3/c1-17-9-13-20(14-10-17)29-24(30-21-15-11-18(2)12-16-21)23(25-19(3)26)31(27,28)22-7-5-4-6-8-22/h4-16H,1-3H3,(H,25,26). The van der Waals surface area contributed by atoms with Gasteiger partial charge in [-0.3, -0.25) is 4.79 Å². The van der Waals surface area contributed by atoms with Crippen LogP contribution in [0.4, 0.5) is 0 Å². The molecule has 1 amide bonds. The summed E-state index contributed by atoms with van der Waals surface area (Å²) in [7, 11) is -3.95. The van der Waals surface area contributed by atoms with Crippen molar-refractivity contribution in [3.8, 4) is 0 Å². The van der Waals surface area contributed by atoms with Crippen LogP contribution in [0.1, 0.15) is 18.1 Å². The lowest BCUT2D eigenvalue weighted by Crippen LogP contribution is -2.26. The van der Waals surface area contributed by atoms with E-state index in [9.17, 15) is 13.2 Å². The molecule has 0 spiro atoms. The number of amides is 1. The fourth-order valence-electron chi connectivity index (χ4n) is 2.65. The van der Waals surface area contributed by atoms with E-state index in [-0.39, 0.29) is 9.92 Å². The molecule has 0 aliphatic rings. The number of aryl methyl sites for hydroxylation is 2. The van der Waals surface area contributed by atoms with Crippen molar-refractivity contribution >= 4 is 39.3 Å². The van der Waals surface area contributed by atoms with Gasteiger partial charge in [-0.25, -0.2) is 8.42 Å². The van der Waals surface area contributed by atoms with Gasteiger partial charge in [-0.1, -0.05) is 77.1 Å². The van der Waals surface area contributed by atoms with Crippen LogP contribution in [0.5, 0.6) is 0 Å². The Morgan fingerprint density at radius 2 is 1.19 bits per heavy atom. The average Bonchev–Trinajstić information content (AvgIpc) is 2.75. The van der Waals surface area contributed by atoms with Gasteiger partial charge in [0, 0.05) is 16.7 Å². The summed E-state index contributed by atoms with van der Waals surface area (Å²) in [6.45, 7) is 5.30. The van der Waals surface area contributed by atoms with Gasteiger partial charge < -0.3 is 5.32 Å². The van der Waals surface area contributed by atoms with Gasteiger partial charge in [0.15, 0.2) is 5.03 Å². The molecular weight excluding hydrogens is 446 g/mol. The first-order chi connectivity index (χ1) is 14.8. The third-order valence-electron chi connectivity index (χ3n) is 4.26. The molecule has 0 fully saturated rings. The zero-order valence-corrected chi connectivity index (χ0v) is 19.9. The van der Waals surface area contributed by atoms with Crippen LogP contribution in [0.15, 0.2) is 103 Å². The summed E-state index contributed by atoms with van der Waals surface area (Å²) in [6.07, 6.45) is 0. The Morgan fingerprint density at radius 1 is 0.742 bits per heavy atom. The second-order valence-corrected chi connectivity index (χ2v) is 11.3. The summed E-state index contributed by atoms with van der Waals surface area (Å²) in [5, 5.41) is 2.48. The molecule has 3 aromatic rings. The molecule has 0 saturated heterocycles. The molecule has 160 valence electrons. The largest absolute Gasteiger partial charge is 0.315 e. The van der Waals surface area contributed by atoms with E-state index >= 15 is 0 Å². The molecule has 0 radical (unpaired) electrons. The lowest BCUT2D eigenvalue weighted by Gasteiger charge is -2.16. The highest BCUT2D eigenvalue weighted by Crippen LogP contribution is 2.43. The predicted octanol–water partition coefficient (Wildman–Crippen LogP) is 5.92. The molecule has 7 heteroatoms. The van der Waals surface area contributed by atoms with Crippen molar-refractivity contribution in [3.05, 3.63) is 99.3 Å². The molecule has 0 heterocycles. The van der Waals surface area contributed by atoms with Crippen molar-refractivity contribution < 1.29 is 13.2 Å². The molecule has 0 saturated carbocycles. The summed E-state index contributed by atoms with van der Waals surface area (Å²) in [6, 6.07) is 23.8. The minimum Gasteiger partial charge on any atom is -0.315 e. The third-order valence-corrected chi connectivity index (χ3v) is 8.55. The summed E-state index contributed by atoms with van der Waals surface area (Å²) < 4.78 is 27.5. The maximum atomic E-state index is 13.5. The Morgan fingerprint density at radius 3 is 1.61 bits per heavy atom. The molecule has 0 atom stereocenters. The molecule has 3 aromatic carbocycles. The number of thioether (sulfide) groups is 2. The third kappa shape index (κ3) is 6.26. The number of benzene rings is 3. The summed E-state index contributed by atoms with van der Waals surface area (Å²) >= 11 is 2.63. The highest BCUT2D eigenvalue weighted by atomic mass is 32.2. The highest BCUT2D eigenvalue weighted by molar-refractivity contribution is 8.23. The molecule has 0 aliphatic carbocycles. The molecule has 3 rings (SSSR count). The number of hydrogen-bond acceptors (Lipinski definition) is 5. The second-order valence-electron chi connectivity index (χ2n) is 6.94. The summed E-state index contributed by atoms with van der Waals surface area (Å²) in [5.74, 6) is -0.444. The number of hydrogen-bond donors (Lipinski definition) is 1. The molecule has 0 aromatic heterocycles. The van der Waals surface area contributed by atoms with Crippen molar-refractivity contribution in [1.29, 1.82) is 0 Å². The minimum atomic E-state index is -3.95. The van der Waals surface area contributed by atoms with Crippen LogP contribution >= 0.6 is 23.5 Å². The maximum absolute atomic E-state index is 13.5. The highest BCUT2D eigenvalue weighted by Gasteiger charge is 2.27. The summed E-state index contributed by atoms with van der Waals surface area (Å²) in [4.78, 5) is 13.9. The van der Waals surface area contributed by atoms with E-state index in [0.29, 0.717) is 4.24 Å². The fourth-order valence-corrected chi connectivity index (χ4v) is 6.81. The molecule has 31 heavy (non-hydrogen) atoms. The topological polar surface area (TPSA) is 63.2 Å². The first-order valence-electron chi connectivity index (χ1n) is 9.57. The first kappa shape index (κ1) is 23.2. The number of rotatable bonds is 7. The molecule has 1 N–H and O–H groups in total. The van der Waals surface area contributed by atoms with Crippen LogP contribution in [-0.2, 0) is 14.6 Å². The van der Waals surface area contributed by atoms with Gasteiger partial charge in [-0.15, -0.1) is 0 Å². The normalized spacial score (nSPS) is 11.1. The van der Waals surface area contributed by atoms with Gasteiger partial charge in [0.2, 0.25) is 15.7 Å². The quantitative estimate of drug-likeness (QED) is 0.435. The average molecular weight is 470 g/mol. The molecule has 0 unspecified atom stereocenters. The van der Waals surface area contributed by atoms with Crippen LogP contribution < -0.4 is 5.32 Å². The zero-order chi connectivity index (χ0) is 22.4. The van der Waals surface area contributed by atoms with Crippen LogP contribution in [0, 0.1) is 13.8 Å². The number of carbonyl (C=O) groups excluding carboxylic acids is 1. The van der Waals surface area contributed by atoms with Gasteiger partial charge >= 0.3 is 0 Å². The maximum Gasteiger partial charge on any atom is 0.223 e. The number of nitrogens with one attached hydrogen (secondary N) is 1. The Hall–Kier alpha value is -2.48. The Bertz CT molecular complexity index is 1140. The van der Waals surface area contributed by atoms with E-state index in [2.05, 4.69) is 5.32 Å². The Labute approximate surface area is 192 Å². The van der Waals surface area contributed by atoms with Crippen molar-refractivity contribution in [2.75, 3.05) is 0 Å². The van der Waals surface area contributed by atoms with E-state index in [1.165, 1.54) is 42.6 Å². The van der Waals surface area contributed by atoms with Crippen LogP contribution in [0.3, 0.4) is 0 Å². The lowest BCUT2D eigenvalue weighted by molar-refractivity contribution is -0.118. The van der Waals surface area contributed by atoms with Crippen LogP contribution in [0.2, 0.25) is 0 Å². The van der Waals surface area contributed by atoms with Crippen molar-refractivity contribution in [3.63, 3.8) is 0 Å². The van der Waals surface area contributed by atoms with Gasteiger partial charge in [-0.2, -0.15) is 0 Å². The molecular formula is C24H23NO3S3. The fraction of sp³-hybridized carbons (Fsp3) is 0.125. The van der Waals surface area contributed by atoms with Gasteiger partial charge in [-0.05, 0) is 50.2 Å². The zero-order valence-electron chi connectivity index (χ0n) is 17.5. The van der Waals surface area contributed by atoms with Crippen LogP contribution in [-0.4, -0.2) is 14.3 Å². The second kappa shape index (κ2) is 10.2. The monoisotopic (exact) mass is 469 g/mol. The van der Waals surface area contributed by atoms with Crippen molar-refractivity contribution in [2.45, 2.75) is 35.5 Å². The van der Waals surface area contributed by atoms with Gasteiger partial charge in [0.25, 0.3) is 0 Å². The SMILES string of the molecule is CC(=O)NC(=C(Sc1ccc(C)cc1)Sc1ccc(C)cc1)S(=O)(=O)c1ccccc1. The number of sulfone groups is 1. The van der Waals surface area contributed by atoms with E-state index < -0.39 is 15.7 Å². The Balaban J connectivity index is 2.16. The van der Waals surface area contributed by atoms with Gasteiger partial charge in [0.05, 0.1) is 9.13 Å². The van der Waals surface area contributed by atoms with Crippen molar-refractivity contribution in [1.82, 2.24) is 5.32 Å². The Kier molecular flexibility index (Phi) is 7.64. The van der Waals surface area contributed by atoms with Gasteiger partial charge in [0.1, 0.15) is 0 Å². The minimum absolute atomic E-state index is 0.109. The molecule has 0 aliphatic heterocycles. The van der Waals surface area contributed by atoms with E-state index in [1.54, 1.807) is 18.2 Å². The smallest absolute Gasteiger partial charge is 0.223 e. The van der Waals surface area contributed by atoms with Crippen molar-refractivity contribution in [2.24, 2.45) is 0 Å². The summed E-state index contributed by atoms with van der Waals surface area (Å²) in [5.41, 5.74) is 2.22. The lowest BCUT2D eigenvalue weighted by atomic mass is 10.2. The van der Waals surface area contributed by atoms with E-state index in [4.69, 9.17) is 0 Å². The van der Waals surface area contributed by atoms with Crippen LogP contribution in [0.25, 0.3) is 0 Å². The predicted molar refractivity (Wildman–Crippen MR) is 129 cm³/mol.